The summed E-state index contributed by atoms with van der Waals surface area (Å²) in [6.45, 7) is 0.494. The van der Waals surface area contributed by atoms with Crippen LogP contribution in [0.2, 0.25) is 10.0 Å². The Morgan fingerprint density at radius 2 is 1.75 bits per heavy atom. The first-order chi connectivity index (χ1) is 9.51. The predicted molar refractivity (Wildman–Crippen MR) is 77.2 cm³/mol. The first kappa shape index (κ1) is 16.1. The third kappa shape index (κ3) is 4.03. The van der Waals surface area contributed by atoms with E-state index in [2.05, 4.69) is 0 Å². The molecule has 1 aromatic rings. The van der Waals surface area contributed by atoms with Crippen molar-refractivity contribution in [2.75, 3.05) is 18.8 Å². The maximum Gasteiger partial charge on any atom is 0.254 e. The number of carbonyl (C=O) groups excluding carboxylic acids is 1. The van der Waals surface area contributed by atoms with E-state index in [9.17, 15) is 4.79 Å². The highest BCUT2D eigenvalue weighted by Gasteiger charge is 2.17. The van der Waals surface area contributed by atoms with Crippen molar-refractivity contribution in [1.82, 2.24) is 4.90 Å². The third-order valence-corrected chi connectivity index (χ3v) is 3.39. The Kier molecular flexibility index (Phi) is 6.11. The van der Waals surface area contributed by atoms with Crippen LogP contribution in [-0.2, 0) is 0 Å². The second-order valence-electron chi connectivity index (χ2n) is 3.97. The molecule has 1 rings (SSSR count). The van der Waals surface area contributed by atoms with E-state index in [0.717, 1.165) is 0 Å². The maximum absolute atomic E-state index is 12.3. The van der Waals surface area contributed by atoms with Crippen LogP contribution in [0.4, 0.5) is 5.69 Å². The van der Waals surface area contributed by atoms with Crippen molar-refractivity contribution in [3.8, 4) is 12.1 Å². The van der Waals surface area contributed by atoms with Crippen LogP contribution in [0.1, 0.15) is 23.2 Å². The molecule has 0 fully saturated rings. The minimum atomic E-state index is -0.333. The Hall–Kier alpha value is -1.95. The SMILES string of the molecule is N#CCCN(CCC#N)C(=O)c1cc(N)c(Cl)c(Cl)c1. The average Bonchev–Trinajstić information content (AvgIpc) is 2.43. The van der Waals surface area contributed by atoms with Crippen LogP contribution in [0.25, 0.3) is 0 Å². The second kappa shape index (κ2) is 7.59. The van der Waals surface area contributed by atoms with Crippen LogP contribution < -0.4 is 5.73 Å². The second-order valence-corrected chi connectivity index (χ2v) is 4.75. The van der Waals surface area contributed by atoms with Crippen molar-refractivity contribution in [1.29, 1.82) is 10.5 Å². The van der Waals surface area contributed by atoms with E-state index < -0.39 is 0 Å². The molecule has 0 heterocycles. The first-order valence-electron chi connectivity index (χ1n) is 5.79. The Morgan fingerprint density at radius 1 is 1.20 bits per heavy atom. The van der Waals surface area contributed by atoms with Gasteiger partial charge in [0.05, 0.1) is 40.7 Å². The highest BCUT2D eigenvalue weighted by molar-refractivity contribution is 6.43. The number of benzene rings is 1. The summed E-state index contributed by atoms with van der Waals surface area (Å²) in [6.07, 6.45) is 0.377. The fourth-order valence-corrected chi connectivity index (χ4v) is 1.94. The van der Waals surface area contributed by atoms with Gasteiger partial charge in [-0.1, -0.05) is 23.2 Å². The molecule has 0 radical (unpaired) electrons. The molecule has 0 bridgehead atoms. The Labute approximate surface area is 127 Å². The number of hydrogen-bond acceptors (Lipinski definition) is 4. The Balaban J connectivity index is 2.99. The molecule has 0 spiro atoms. The molecule has 1 aromatic carbocycles. The number of nitrogens with two attached hydrogens (primary N) is 1. The summed E-state index contributed by atoms with van der Waals surface area (Å²) in [5, 5.41) is 17.6. The van der Waals surface area contributed by atoms with Crippen molar-refractivity contribution in [2.24, 2.45) is 0 Å². The van der Waals surface area contributed by atoms with Gasteiger partial charge in [0.1, 0.15) is 0 Å². The number of nitrogens with zero attached hydrogens (tertiary/aromatic N) is 3. The lowest BCUT2D eigenvalue weighted by Gasteiger charge is -2.20. The van der Waals surface area contributed by atoms with Gasteiger partial charge in [0.25, 0.3) is 5.91 Å². The first-order valence-corrected chi connectivity index (χ1v) is 6.54. The number of hydrogen-bond donors (Lipinski definition) is 1. The molecule has 0 unspecified atom stereocenters. The minimum absolute atomic E-state index is 0.188. The highest BCUT2D eigenvalue weighted by atomic mass is 35.5. The van der Waals surface area contributed by atoms with Crippen LogP contribution >= 0.6 is 23.2 Å². The molecule has 0 aliphatic heterocycles. The zero-order valence-electron chi connectivity index (χ0n) is 10.6. The Morgan fingerprint density at radius 3 is 2.20 bits per heavy atom. The van der Waals surface area contributed by atoms with E-state index in [0.29, 0.717) is 0 Å². The molecule has 1 amide bonds. The van der Waals surface area contributed by atoms with E-state index in [-0.39, 0.29) is 53.1 Å². The van der Waals surface area contributed by atoms with E-state index in [1.165, 1.54) is 17.0 Å². The molecular formula is C13H12Cl2N4O. The van der Waals surface area contributed by atoms with Crippen molar-refractivity contribution in [2.45, 2.75) is 12.8 Å². The number of nitrogen functional groups attached to an aromatic ring is 1. The molecule has 2 N–H and O–H groups in total. The predicted octanol–water partition coefficient (Wildman–Crippen LogP) is 2.85. The van der Waals surface area contributed by atoms with Gasteiger partial charge in [0.2, 0.25) is 0 Å². The largest absolute Gasteiger partial charge is 0.397 e. The zero-order valence-corrected chi connectivity index (χ0v) is 12.1. The molecule has 0 saturated heterocycles. The van der Waals surface area contributed by atoms with Gasteiger partial charge in [-0.05, 0) is 12.1 Å². The quantitative estimate of drug-likeness (QED) is 0.846. The number of halogens is 2. The highest BCUT2D eigenvalue weighted by Crippen LogP contribution is 2.29. The van der Waals surface area contributed by atoms with E-state index in [1.807, 2.05) is 12.1 Å². The normalized spacial score (nSPS) is 9.60. The van der Waals surface area contributed by atoms with Gasteiger partial charge in [-0.2, -0.15) is 10.5 Å². The van der Waals surface area contributed by atoms with Gasteiger partial charge in [-0.25, -0.2) is 0 Å². The molecule has 104 valence electrons. The molecular weight excluding hydrogens is 299 g/mol. The molecule has 0 aliphatic rings. The van der Waals surface area contributed by atoms with Crippen molar-refractivity contribution < 1.29 is 4.79 Å². The summed E-state index contributed by atoms with van der Waals surface area (Å²) in [4.78, 5) is 13.7. The number of nitriles is 2. The fraction of sp³-hybridized carbons (Fsp3) is 0.308. The molecule has 7 heteroatoms. The third-order valence-electron chi connectivity index (χ3n) is 2.58. The molecule has 0 aliphatic carbocycles. The lowest BCUT2D eigenvalue weighted by molar-refractivity contribution is 0.0762. The summed E-state index contributed by atoms with van der Waals surface area (Å²) in [7, 11) is 0. The lowest BCUT2D eigenvalue weighted by Crippen LogP contribution is -2.32. The summed E-state index contributed by atoms with van der Waals surface area (Å²) in [6, 6.07) is 6.79. The standard InChI is InChI=1S/C13H12Cl2N4O/c14-10-7-9(8-11(18)12(10)15)13(20)19(5-1-3-16)6-2-4-17/h7-8H,1-2,5-6,18H2. The van der Waals surface area contributed by atoms with E-state index in [1.54, 1.807) is 0 Å². The average molecular weight is 311 g/mol. The number of anilines is 1. The van der Waals surface area contributed by atoms with E-state index in [4.69, 9.17) is 39.5 Å². The summed E-state index contributed by atoms with van der Waals surface area (Å²) >= 11 is 11.7. The van der Waals surface area contributed by atoms with E-state index >= 15 is 0 Å². The minimum Gasteiger partial charge on any atom is -0.397 e. The van der Waals surface area contributed by atoms with Gasteiger partial charge in [-0.3, -0.25) is 4.79 Å². The topological polar surface area (TPSA) is 93.9 Å². The van der Waals surface area contributed by atoms with Gasteiger partial charge >= 0.3 is 0 Å². The van der Waals surface area contributed by atoms with Crippen LogP contribution in [0, 0.1) is 22.7 Å². The number of amides is 1. The lowest BCUT2D eigenvalue weighted by atomic mass is 10.1. The van der Waals surface area contributed by atoms with Gasteiger partial charge in [0, 0.05) is 18.7 Å². The zero-order chi connectivity index (χ0) is 15.1. The van der Waals surface area contributed by atoms with Crippen LogP contribution in [0.5, 0.6) is 0 Å². The summed E-state index contributed by atoms with van der Waals surface area (Å²) in [5.74, 6) is -0.333. The van der Waals surface area contributed by atoms with Crippen LogP contribution in [0.15, 0.2) is 12.1 Å². The fourth-order valence-electron chi connectivity index (χ4n) is 1.60. The van der Waals surface area contributed by atoms with Gasteiger partial charge in [-0.15, -0.1) is 0 Å². The van der Waals surface area contributed by atoms with Crippen molar-refractivity contribution in [3.05, 3.63) is 27.7 Å². The number of rotatable bonds is 5. The molecule has 5 nitrogen and oxygen atoms in total. The van der Waals surface area contributed by atoms with Gasteiger partial charge < -0.3 is 10.6 Å². The van der Waals surface area contributed by atoms with Crippen LogP contribution in [0.3, 0.4) is 0 Å². The summed E-state index contributed by atoms with van der Waals surface area (Å²) in [5.41, 5.74) is 6.16. The smallest absolute Gasteiger partial charge is 0.254 e. The molecule has 20 heavy (non-hydrogen) atoms. The van der Waals surface area contributed by atoms with Crippen LogP contribution in [-0.4, -0.2) is 23.9 Å². The van der Waals surface area contributed by atoms with Crippen molar-refractivity contribution in [3.63, 3.8) is 0 Å². The molecule has 0 atom stereocenters. The summed E-state index contributed by atoms with van der Waals surface area (Å²) < 4.78 is 0. The number of carbonyl (C=O) groups is 1. The molecule has 0 aromatic heterocycles. The maximum atomic E-state index is 12.3. The monoisotopic (exact) mass is 310 g/mol. The Bertz CT molecular complexity index is 548. The van der Waals surface area contributed by atoms with Crippen molar-refractivity contribution >= 4 is 34.8 Å². The van der Waals surface area contributed by atoms with Gasteiger partial charge in [0.15, 0.2) is 0 Å². The molecule has 0 saturated carbocycles.